The first kappa shape index (κ1) is 22.9. The van der Waals surface area contributed by atoms with Crippen molar-refractivity contribution in [1.82, 2.24) is 19.1 Å². The maximum Gasteiger partial charge on any atom is 0.243 e. The third-order valence-electron chi connectivity index (χ3n) is 6.36. The molecule has 4 rings (SSSR count). The van der Waals surface area contributed by atoms with Crippen LogP contribution in [0.15, 0.2) is 53.7 Å². The average Bonchev–Trinajstić information content (AvgIpc) is 2.84. The maximum atomic E-state index is 12.8. The van der Waals surface area contributed by atoms with Crippen molar-refractivity contribution in [3.8, 4) is 0 Å². The van der Waals surface area contributed by atoms with Gasteiger partial charge in [-0.15, -0.1) is 0 Å². The van der Waals surface area contributed by atoms with Gasteiger partial charge >= 0.3 is 0 Å². The second-order valence-electron chi connectivity index (χ2n) is 8.63. The Kier molecular flexibility index (Phi) is 7.55. The van der Waals surface area contributed by atoms with E-state index in [1.54, 1.807) is 22.6 Å². The van der Waals surface area contributed by atoms with Crippen LogP contribution in [0, 0.1) is 0 Å². The number of aryl methyl sites for hydroxylation is 1. The third kappa shape index (κ3) is 5.74. The van der Waals surface area contributed by atoms with Crippen LogP contribution < -0.4 is 0 Å². The number of aromatic nitrogens is 1. The number of benzene rings is 1. The van der Waals surface area contributed by atoms with Crippen LogP contribution in [0.4, 0.5) is 0 Å². The molecule has 0 saturated carbocycles. The molecule has 2 aliphatic rings. The van der Waals surface area contributed by atoms with Crippen LogP contribution in [0.3, 0.4) is 0 Å². The first-order valence-electron chi connectivity index (χ1n) is 11.5. The van der Waals surface area contributed by atoms with Crippen LogP contribution >= 0.6 is 0 Å². The fourth-order valence-corrected chi connectivity index (χ4v) is 5.91. The van der Waals surface area contributed by atoms with Gasteiger partial charge in [-0.2, -0.15) is 4.31 Å². The summed E-state index contributed by atoms with van der Waals surface area (Å²) in [6.07, 6.45) is 7.69. The van der Waals surface area contributed by atoms with Crippen molar-refractivity contribution in [3.63, 3.8) is 0 Å². The molecular weight excluding hydrogens is 424 g/mol. The summed E-state index contributed by atoms with van der Waals surface area (Å²) in [5.41, 5.74) is 2.18. The number of hydrogen-bond acceptors (Lipinski definition) is 5. The molecule has 1 amide bonds. The lowest BCUT2D eigenvalue weighted by Crippen LogP contribution is -2.48. The van der Waals surface area contributed by atoms with E-state index >= 15 is 0 Å². The van der Waals surface area contributed by atoms with E-state index in [1.807, 2.05) is 29.3 Å². The van der Waals surface area contributed by atoms with Crippen molar-refractivity contribution >= 4 is 15.9 Å². The molecule has 172 valence electrons. The van der Waals surface area contributed by atoms with Crippen molar-refractivity contribution in [1.29, 1.82) is 0 Å². The Labute approximate surface area is 191 Å². The average molecular weight is 457 g/mol. The zero-order valence-electron chi connectivity index (χ0n) is 18.5. The highest BCUT2D eigenvalue weighted by atomic mass is 32.2. The topological polar surface area (TPSA) is 73.8 Å². The highest BCUT2D eigenvalue weighted by Gasteiger charge is 2.26. The predicted octanol–water partition coefficient (Wildman–Crippen LogP) is 2.53. The highest BCUT2D eigenvalue weighted by Crippen LogP contribution is 2.21. The van der Waals surface area contributed by atoms with Gasteiger partial charge in [0.05, 0.1) is 4.90 Å². The molecule has 2 aromatic rings. The lowest BCUT2D eigenvalue weighted by atomic mass is 10.1. The van der Waals surface area contributed by atoms with Gasteiger partial charge in [-0.3, -0.25) is 14.7 Å². The van der Waals surface area contributed by atoms with Crippen LogP contribution in [-0.4, -0.2) is 72.7 Å². The summed E-state index contributed by atoms with van der Waals surface area (Å²) in [6.45, 7) is 5.29. The SMILES string of the molecule is O=C(CCc1ccc(S(=O)(=O)N2CCCCC2)cc1)N1CCN(Cc2cccnc2)CC1. The first-order chi connectivity index (χ1) is 15.5. The fraction of sp³-hybridized carbons (Fsp3) is 0.500. The summed E-state index contributed by atoms with van der Waals surface area (Å²) in [5, 5.41) is 0. The largest absolute Gasteiger partial charge is 0.340 e. The van der Waals surface area contributed by atoms with Gasteiger partial charge in [0.2, 0.25) is 15.9 Å². The smallest absolute Gasteiger partial charge is 0.243 e. The molecule has 8 heteroatoms. The minimum Gasteiger partial charge on any atom is -0.340 e. The van der Waals surface area contributed by atoms with E-state index in [4.69, 9.17) is 0 Å². The molecule has 2 saturated heterocycles. The number of nitrogens with zero attached hydrogens (tertiary/aromatic N) is 4. The van der Waals surface area contributed by atoms with E-state index in [0.29, 0.717) is 30.8 Å². The van der Waals surface area contributed by atoms with E-state index in [0.717, 1.165) is 57.5 Å². The number of sulfonamides is 1. The quantitative estimate of drug-likeness (QED) is 0.640. The minimum absolute atomic E-state index is 0.163. The molecule has 0 spiro atoms. The molecule has 0 aliphatic carbocycles. The molecule has 0 radical (unpaired) electrons. The van der Waals surface area contributed by atoms with E-state index in [-0.39, 0.29) is 5.91 Å². The molecule has 7 nitrogen and oxygen atoms in total. The molecule has 2 fully saturated rings. The highest BCUT2D eigenvalue weighted by molar-refractivity contribution is 7.89. The van der Waals surface area contributed by atoms with E-state index in [1.165, 1.54) is 5.56 Å². The Morgan fingerprint density at radius 1 is 0.875 bits per heavy atom. The van der Waals surface area contributed by atoms with Crippen LogP contribution in [-0.2, 0) is 27.8 Å². The van der Waals surface area contributed by atoms with Gasteiger partial charge in [-0.05, 0) is 48.6 Å². The molecule has 0 N–H and O–H groups in total. The Balaban J connectivity index is 1.24. The number of pyridine rings is 1. The van der Waals surface area contributed by atoms with E-state index in [9.17, 15) is 13.2 Å². The number of amides is 1. The molecule has 2 aliphatic heterocycles. The second kappa shape index (κ2) is 10.6. The zero-order chi connectivity index (χ0) is 22.4. The van der Waals surface area contributed by atoms with Gasteiger partial charge < -0.3 is 4.90 Å². The second-order valence-corrected chi connectivity index (χ2v) is 10.6. The Hall–Kier alpha value is -2.29. The first-order valence-corrected chi connectivity index (χ1v) is 12.9. The summed E-state index contributed by atoms with van der Waals surface area (Å²) in [6, 6.07) is 11.1. The lowest BCUT2D eigenvalue weighted by molar-refractivity contribution is -0.133. The zero-order valence-corrected chi connectivity index (χ0v) is 19.3. The number of piperazine rings is 1. The predicted molar refractivity (Wildman–Crippen MR) is 123 cm³/mol. The number of piperidine rings is 1. The van der Waals surface area contributed by atoms with Gasteiger partial charge in [-0.25, -0.2) is 8.42 Å². The molecular formula is C24H32N4O3S. The van der Waals surface area contributed by atoms with Crippen LogP contribution in [0.2, 0.25) is 0 Å². The fourth-order valence-electron chi connectivity index (χ4n) is 4.40. The molecule has 3 heterocycles. The van der Waals surface area contributed by atoms with Gasteiger partial charge in [0.25, 0.3) is 0 Å². The van der Waals surface area contributed by atoms with Crippen molar-refractivity contribution in [3.05, 3.63) is 59.9 Å². The van der Waals surface area contributed by atoms with Crippen LogP contribution in [0.5, 0.6) is 0 Å². The van der Waals surface area contributed by atoms with Gasteiger partial charge in [0.1, 0.15) is 0 Å². The number of carbonyl (C=O) groups excluding carboxylic acids is 1. The monoisotopic (exact) mass is 456 g/mol. The Bertz CT molecular complexity index is 982. The van der Waals surface area contributed by atoms with Crippen LogP contribution in [0.25, 0.3) is 0 Å². The van der Waals surface area contributed by atoms with Crippen LogP contribution in [0.1, 0.15) is 36.8 Å². The van der Waals surface area contributed by atoms with Gasteiger partial charge in [0, 0.05) is 64.6 Å². The standard InChI is InChI=1S/C24H32N4O3S/c29-24(27-17-15-26(16-18-27)20-22-5-4-12-25-19-22)11-8-21-6-9-23(10-7-21)32(30,31)28-13-2-1-3-14-28/h4-7,9-10,12,19H,1-3,8,11,13-18,20H2. The normalized spacial score (nSPS) is 18.6. The molecule has 0 bridgehead atoms. The third-order valence-corrected chi connectivity index (χ3v) is 8.27. The summed E-state index contributed by atoms with van der Waals surface area (Å²) in [5.74, 6) is 0.163. The van der Waals surface area contributed by atoms with Crippen molar-refractivity contribution in [2.45, 2.75) is 43.5 Å². The summed E-state index contributed by atoms with van der Waals surface area (Å²) in [4.78, 5) is 21.5. The summed E-state index contributed by atoms with van der Waals surface area (Å²) >= 11 is 0. The Morgan fingerprint density at radius 2 is 1.59 bits per heavy atom. The lowest BCUT2D eigenvalue weighted by Gasteiger charge is -2.34. The van der Waals surface area contributed by atoms with Gasteiger partial charge in [0.15, 0.2) is 0 Å². The molecule has 0 atom stereocenters. The van der Waals surface area contributed by atoms with E-state index < -0.39 is 10.0 Å². The molecule has 1 aromatic carbocycles. The molecule has 32 heavy (non-hydrogen) atoms. The Morgan fingerprint density at radius 3 is 2.25 bits per heavy atom. The number of hydrogen-bond donors (Lipinski definition) is 0. The van der Waals surface area contributed by atoms with Gasteiger partial charge in [-0.1, -0.05) is 24.6 Å². The van der Waals surface area contributed by atoms with Crippen molar-refractivity contribution in [2.75, 3.05) is 39.3 Å². The molecule has 1 aromatic heterocycles. The summed E-state index contributed by atoms with van der Waals surface area (Å²) < 4.78 is 27.1. The minimum atomic E-state index is -3.41. The maximum absolute atomic E-state index is 12.8. The number of carbonyl (C=O) groups is 1. The van der Waals surface area contributed by atoms with Crippen molar-refractivity contribution < 1.29 is 13.2 Å². The van der Waals surface area contributed by atoms with E-state index in [2.05, 4.69) is 16.0 Å². The molecule has 0 unspecified atom stereocenters. The van der Waals surface area contributed by atoms with Crippen molar-refractivity contribution in [2.24, 2.45) is 0 Å². The number of rotatable bonds is 7. The summed E-state index contributed by atoms with van der Waals surface area (Å²) in [7, 11) is -3.41.